The molecule has 0 saturated carbocycles. The fourth-order valence-electron chi connectivity index (χ4n) is 1.96. The van der Waals surface area contributed by atoms with Crippen LogP contribution in [0.3, 0.4) is 0 Å². The van der Waals surface area contributed by atoms with Crippen LogP contribution in [-0.4, -0.2) is 48.5 Å². The number of carbonyl (C=O) groups excluding carboxylic acids is 1. The Hall–Kier alpha value is -2.24. The Morgan fingerprint density at radius 1 is 1.38 bits per heavy atom. The van der Waals surface area contributed by atoms with Gasteiger partial charge in [-0.2, -0.15) is 0 Å². The van der Waals surface area contributed by atoms with E-state index in [0.29, 0.717) is 18.5 Å². The zero-order valence-electron chi connectivity index (χ0n) is 13.1. The van der Waals surface area contributed by atoms with E-state index in [1.54, 1.807) is 11.0 Å². The van der Waals surface area contributed by atoms with Gasteiger partial charge in [0.2, 0.25) is 0 Å². The number of benzene rings is 1. The van der Waals surface area contributed by atoms with Crippen molar-refractivity contribution in [3.8, 4) is 0 Å². The van der Waals surface area contributed by atoms with Crippen LogP contribution in [0.15, 0.2) is 29.4 Å². The lowest BCUT2D eigenvalue weighted by molar-refractivity contribution is 0.0711. The molecule has 116 valence electrons. The van der Waals surface area contributed by atoms with Crippen LogP contribution in [0, 0.1) is 0 Å². The van der Waals surface area contributed by atoms with Gasteiger partial charge in [0.1, 0.15) is 5.84 Å². The number of amidine groups is 1. The summed E-state index contributed by atoms with van der Waals surface area (Å²) in [5.41, 5.74) is 7.09. The lowest BCUT2D eigenvalue weighted by Crippen LogP contribution is -2.39. The van der Waals surface area contributed by atoms with Crippen molar-refractivity contribution in [3.05, 3.63) is 29.8 Å². The lowest BCUT2D eigenvalue weighted by atomic mass is 10.1. The Morgan fingerprint density at radius 2 is 2.05 bits per heavy atom. The van der Waals surface area contributed by atoms with E-state index in [9.17, 15) is 4.79 Å². The van der Waals surface area contributed by atoms with E-state index in [1.807, 2.05) is 51.0 Å². The molecule has 0 radical (unpaired) electrons. The highest BCUT2D eigenvalue weighted by Gasteiger charge is 2.19. The van der Waals surface area contributed by atoms with Gasteiger partial charge in [-0.05, 0) is 32.0 Å². The van der Waals surface area contributed by atoms with Gasteiger partial charge in [-0.3, -0.25) is 4.79 Å². The van der Waals surface area contributed by atoms with Crippen molar-refractivity contribution >= 4 is 17.4 Å². The molecule has 1 amide bonds. The van der Waals surface area contributed by atoms with Crippen LogP contribution in [0.5, 0.6) is 0 Å². The van der Waals surface area contributed by atoms with E-state index in [2.05, 4.69) is 5.16 Å². The normalized spacial score (nSPS) is 11.6. The van der Waals surface area contributed by atoms with Crippen LogP contribution in [0.4, 0.5) is 5.69 Å². The van der Waals surface area contributed by atoms with Crippen LogP contribution in [-0.2, 0) is 0 Å². The van der Waals surface area contributed by atoms with Crippen molar-refractivity contribution in [2.24, 2.45) is 10.9 Å². The Bertz CT molecular complexity index is 512. The van der Waals surface area contributed by atoms with E-state index in [1.165, 1.54) is 0 Å². The number of oxime groups is 1. The molecule has 1 aromatic carbocycles. The molecule has 6 heteroatoms. The molecular formula is C15H24N4O2. The largest absolute Gasteiger partial charge is 0.409 e. The van der Waals surface area contributed by atoms with Gasteiger partial charge >= 0.3 is 0 Å². The van der Waals surface area contributed by atoms with Gasteiger partial charge in [-0.1, -0.05) is 11.2 Å². The highest BCUT2D eigenvalue weighted by atomic mass is 16.4. The first-order chi connectivity index (χ1) is 9.86. The van der Waals surface area contributed by atoms with Gasteiger partial charge in [0.05, 0.1) is 0 Å². The molecular weight excluding hydrogens is 268 g/mol. The maximum Gasteiger partial charge on any atom is 0.254 e. The first kappa shape index (κ1) is 16.8. The minimum atomic E-state index is -0.0561. The summed E-state index contributed by atoms with van der Waals surface area (Å²) in [5, 5.41) is 11.5. The van der Waals surface area contributed by atoms with E-state index >= 15 is 0 Å². The van der Waals surface area contributed by atoms with Gasteiger partial charge in [-0.25, -0.2) is 0 Å². The summed E-state index contributed by atoms with van der Waals surface area (Å²) in [4.78, 5) is 16.3. The van der Waals surface area contributed by atoms with E-state index in [-0.39, 0.29) is 17.8 Å². The van der Waals surface area contributed by atoms with E-state index in [0.717, 1.165) is 5.69 Å². The second-order valence-corrected chi connectivity index (χ2v) is 5.38. The molecule has 0 fully saturated rings. The third-order valence-corrected chi connectivity index (χ3v) is 3.23. The van der Waals surface area contributed by atoms with E-state index < -0.39 is 0 Å². The summed E-state index contributed by atoms with van der Waals surface area (Å²) in [6.07, 6.45) is 0.341. The van der Waals surface area contributed by atoms with Gasteiger partial charge in [-0.15, -0.1) is 0 Å². The first-order valence-corrected chi connectivity index (χ1v) is 6.91. The van der Waals surface area contributed by atoms with Crippen molar-refractivity contribution in [2.45, 2.75) is 26.3 Å². The Labute approximate surface area is 125 Å². The van der Waals surface area contributed by atoms with Gasteiger partial charge < -0.3 is 20.7 Å². The Morgan fingerprint density at radius 3 is 2.57 bits per heavy atom. The molecule has 0 spiro atoms. The van der Waals surface area contributed by atoms with Crippen LogP contribution in [0.25, 0.3) is 0 Å². The summed E-state index contributed by atoms with van der Waals surface area (Å²) >= 11 is 0. The molecule has 1 rings (SSSR count). The molecule has 0 heterocycles. The quantitative estimate of drug-likeness (QED) is 0.362. The number of hydrogen-bond donors (Lipinski definition) is 2. The molecule has 0 atom stereocenters. The fraction of sp³-hybridized carbons (Fsp3) is 0.467. The summed E-state index contributed by atoms with van der Waals surface area (Å²) in [5.74, 6) is 0.0648. The molecule has 0 aromatic heterocycles. The third kappa shape index (κ3) is 4.66. The number of nitrogens with zero attached hydrogens (tertiary/aromatic N) is 3. The fourth-order valence-corrected chi connectivity index (χ4v) is 1.96. The van der Waals surface area contributed by atoms with Gasteiger partial charge in [0.15, 0.2) is 0 Å². The number of nitrogens with two attached hydrogens (primary N) is 1. The molecule has 1 aromatic rings. The number of rotatable bonds is 6. The second-order valence-electron chi connectivity index (χ2n) is 5.38. The maximum atomic E-state index is 12.6. The molecule has 0 aliphatic heterocycles. The number of hydrogen-bond acceptors (Lipinski definition) is 4. The molecule has 21 heavy (non-hydrogen) atoms. The number of carbonyl (C=O) groups is 1. The molecule has 0 saturated heterocycles. The molecule has 0 unspecified atom stereocenters. The molecule has 6 nitrogen and oxygen atoms in total. The zero-order chi connectivity index (χ0) is 16.0. The predicted molar refractivity (Wildman–Crippen MR) is 85.0 cm³/mol. The lowest BCUT2D eigenvalue weighted by Gasteiger charge is -2.27. The predicted octanol–water partition coefficient (Wildman–Crippen LogP) is 1.74. The standard InChI is InChI=1S/C15H24N4O2/c1-11(2)19(9-8-14(16)17-21)15(20)12-6-5-7-13(10-12)18(3)4/h5-7,10-11,21H,8-9H2,1-4H3,(H2,16,17). The zero-order valence-corrected chi connectivity index (χ0v) is 13.1. The van der Waals surface area contributed by atoms with Gasteiger partial charge in [0.25, 0.3) is 5.91 Å². The first-order valence-electron chi connectivity index (χ1n) is 6.91. The van der Waals surface area contributed by atoms with Gasteiger partial charge in [0, 0.05) is 44.4 Å². The summed E-state index contributed by atoms with van der Waals surface area (Å²) in [6.45, 7) is 4.30. The third-order valence-electron chi connectivity index (χ3n) is 3.23. The molecule has 0 aliphatic rings. The smallest absolute Gasteiger partial charge is 0.254 e. The summed E-state index contributed by atoms with van der Waals surface area (Å²) in [7, 11) is 3.87. The molecule has 0 aliphatic carbocycles. The monoisotopic (exact) mass is 292 g/mol. The van der Waals surface area contributed by atoms with Crippen LogP contribution >= 0.6 is 0 Å². The van der Waals surface area contributed by atoms with Crippen molar-refractivity contribution in [1.29, 1.82) is 0 Å². The highest BCUT2D eigenvalue weighted by molar-refractivity contribution is 5.95. The van der Waals surface area contributed by atoms with Crippen LogP contribution in [0.2, 0.25) is 0 Å². The van der Waals surface area contributed by atoms with Crippen molar-refractivity contribution in [2.75, 3.05) is 25.5 Å². The SMILES string of the molecule is CC(C)N(CCC(N)=NO)C(=O)c1cccc(N(C)C)c1. The average molecular weight is 292 g/mol. The van der Waals surface area contributed by atoms with Crippen molar-refractivity contribution in [1.82, 2.24) is 4.90 Å². The number of anilines is 1. The molecule has 0 bridgehead atoms. The second kappa shape index (κ2) is 7.52. The minimum absolute atomic E-state index is 0.0343. The minimum Gasteiger partial charge on any atom is -0.409 e. The summed E-state index contributed by atoms with van der Waals surface area (Å²) in [6, 6.07) is 7.51. The average Bonchev–Trinajstić information content (AvgIpc) is 2.46. The van der Waals surface area contributed by atoms with Crippen molar-refractivity contribution < 1.29 is 10.0 Å². The molecule has 3 N–H and O–H groups in total. The van der Waals surface area contributed by atoms with Crippen LogP contribution in [0.1, 0.15) is 30.6 Å². The Balaban J connectivity index is 2.93. The Kier molecular flexibility index (Phi) is 6.02. The highest BCUT2D eigenvalue weighted by Crippen LogP contribution is 2.16. The maximum absolute atomic E-state index is 12.6. The topological polar surface area (TPSA) is 82.2 Å². The van der Waals surface area contributed by atoms with Crippen LogP contribution < -0.4 is 10.6 Å². The van der Waals surface area contributed by atoms with E-state index in [4.69, 9.17) is 10.9 Å². The summed E-state index contributed by atoms with van der Waals surface area (Å²) < 4.78 is 0. The van der Waals surface area contributed by atoms with Crippen molar-refractivity contribution in [3.63, 3.8) is 0 Å². The number of amides is 1.